The number of halogens is 1. The number of anilines is 2. The second kappa shape index (κ2) is 13.4. The van der Waals surface area contributed by atoms with E-state index in [2.05, 4.69) is 104 Å². The second-order valence-electron chi connectivity index (χ2n) is 11.8. The zero-order valence-electron chi connectivity index (χ0n) is 25.6. The average Bonchev–Trinajstić information content (AvgIpc) is 2.95. The van der Waals surface area contributed by atoms with Gasteiger partial charge in [-0.05, 0) is 69.4 Å². The summed E-state index contributed by atoms with van der Waals surface area (Å²) in [7, 11) is 1.47. The van der Waals surface area contributed by atoms with Crippen molar-refractivity contribution in [1.82, 2.24) is 9.97 Å². The van der Waals surface area contributed by atoms with Gasteiger partial charge in [-0.3, -0.25) is 0 Å². The van der Waals surface area contributed by atoms with Crippen LogP contribution in [0.25, 0.3) is 22.0 Å². The van der Waals surface area contributed by atoms with Gasteiger partial charge in [0.05, 0.1) is 17.0 Å². The number of aromatic nitrogens is 2. The van der Waals surface area contributed by atoms with Crippen LogP contribution in [-0.2, 0) is 5.41 Å². The Kier molecular flexibility index (Phi) is 10.1. The molecule has 0 spiro atoms. The summed E-state index contributed by atoms with van der Waals surface area (Å²) in [4.78, 5) is 9.24. The number of nitrogens with one attached hydrogen (secondary N) is 2. The molecule has 0 saturated carbocycles. The van der Waals surface area contributed by atoms with Gasteiger partial charge < -0.3 is 10.1 Å². The van der Waals surface area contributed by atoms with E-state index in [4.69, 9.17) is 16.3 Å². The number of nitriles is 1. The molecular formula is C33H40ClN6O2S+. The van der Waals surface area contributed by atoms with E-state index < -0.39 is 4.16 Å². The Morgan fingerprint density at radius 3 is 2.40 bits per heavy atom. The Balaban J connectivity index is 1.67. The van der Waals surface area contributed by atoms with Crippen molar-refractivity contribution >= 4 is 47.1 Å². The van der Waals surface area contributed by atoms with E-state index in [-0.39, 0.29) is 11.4 Å². The molecule has 4 aromatic rings. The summed E-state index contributed by atoms with van der Waals surface area (Å²) < 4.78 is 4.97. The van der Waals surface area contributed by atoms with E-state index in [1.807, 2.05) is 25.1 Å². The Morgan fingerprint density at radius 1 is 1.07 bits per heavy atom. The lowest BCUT2D eigenvalue weighted by Crippen LogP contribution is -2.36. The highest BCUT2D eigenvalue weighted by Gasteiger charge is 2.26. The molecule has 4 rings (SSSR count). The van der Waals surface area contributed by atoms with Gasteiger partial charge in [-0.1, -0.05) is 64.1 Å². The molecule has 1 aromatic heterocycles. The Labute approximate surface area is 264 Å². The molecule has 0 aliphatic heterocycles. The van der Waals surface area contributed by atoms with Crippen LogP contribution in [0.4, 0.5) is 11.8 Å². The topological polar surface area (TPSA) is 103 Å². The van der Waals surface area contributed by atoms with Gasteiger partial charge in [-0.25, -0.2) is 4.98 Å². The van der Waals surface area contributed by atoms with E-state index >= 15 is 0 Å². The number of ether oxygens (including phenoxy) is 1. The fourth-order valence-corrected chi connectivity index (χ4v) is 5.12. The van der Waals surface area contributed by atoms with E-state index in [9.17, 15) is 10.5 Å². The zero-order chi connectivity index (χ0) is 31.4. The monoisotopic (exact) mass is 619 g/mol. The maximum absolute atomic E-state index is 10.1. The molecular weight excluding hydrogens is 580 g/mol. The summed E-state index contributed by atoms with van der Waals surface area (Å²) in [6.07, 6.45) is 0.990. The van der Waals surface area contributed by atoms with Crippen molar-refractivity contribution in [3.63, 3.8) is 0 Å². The van der Waals surface area contributed by atoms with Crippen LogP contribution < -0.4 is 15.5 Å². The molecule has 1 heterocycles. The fraction of sp³-hybridized carbons (Fsp3) is 0.364. The molecule has 1 unspecified atom stereocenters. The maximum Gasteiger partial charge on any atom is 0.275 e. The van der Waals surface area contributed by atoms with Crippen molar-refractivity contribution in [1.29, 1.82) is 5.26 Å². The largest absolute Gasteiger partial charge is 0.491 e. The zero-order valence-corrected chi connectivity index (χ0v) is 27.2. The summed E-state index contributed by atoms with van der Waals surface area (Å²) in [5.74, 6) is 2.46. The molecule has 0 aliphatic rings. The minimum Gasteiger partial charge on any atom is -0.491 e. The SMILES string of the molecule is Cc1cc(C(C)(C)c2ccc(-c3ccc4nc(N[N+](C)(O)S)nc(NCCC(C)C)c4c3)cc2)cc(C#N)c1OCCCl. The Hall–Kier alpha value is -3.55. The number of thiol groups is 1. The smallest absolute Gasteiger partial charge is 0.275 e. The quantitative estimate of drug-likeness (QED) is 0.0553. The van der Waals surface area contributed by atoms with Gasteiger partial charge in [0.15, 0.2) is 0 Å². The number of hydrogen-bond acceptors (Lipinski definition) is 8. The van der Waals surface area contributed by atoms with Gasteiger partial charge in [0.1, 0.15) is 44.1 Å². The molecule has 0 aliphatic carbocycles. The highest BCUT2D eigenvalue weighted by atomic mass is 35.5. The van der Waals surface area contributed by atoms with Crippen LogP contribution in [0.2, 0.25) is 0 Å². The lowest BCUT2D eigenvalue weighted by atomic mass is 9.76. The molecule has 0 fully saturated rings. The van der Waals surface area contributed by atoms with Crippen LogP contribution in [0.1, 0.15) is 56.4 Å². The van der Waals surface area contributed by atoms with Crippen LogP contribution in [0.3, 0.4) is 0 Å². The number of fused-ring (bicyclic) bond motifs is 1. The van der Waals surface area contributed by atoms with E-state index in [1.54, 1.807) is 0 Å². The van der Waals surface area contributed by atoms with Crippen LogP contribution in [0.5, 0.6) is 5.75 Å². The van der Waals surface area contributed by atoms with Crippen LogP contribution in [0, 0.1) is 24.2 Å². The third-order valence-electron chi connectivity index (χ3n) is 7.40. The summed E-state index contributed by atoms with van der Waals surface area (Å²) in [6, 6.07) is 20.9. The predicted octanol–water partition coefficient (Wildman–Crippen LogP) is 7.89. The number of aryl methyl sites for hydroxylation is 1. The van der Waals surface area contributed by atoms with Crippen LogP contribution >= 0.6 is 24.4 Å². The summed E-state index contributed by atoms with van der Waals surface area (Å²) in [6.45, 7) is 11.8. The fourth-order valence-electron chi connectivity index (χ4n) is 4.96. The summed E-state index contributed by atoms with van der Waals surface area (Å²) >= 11 is 9.90. The normalized spacial score (nSPS) is 13.0. The first-order chi connectivity index (χ1) is 20.3. The minimum atomic E-state index is -0.791. The molecule has 0 radical (unpaired) electrons. The first kappa shape index (κ1) is 32.4. The van der Waals surface area contributed by atoms with Crippen molar-refractivity contribution < 1.29 is 14.1 Å². The van der Waals surface area contributed by atoms with Gasteiger partial charge in [-0.2, -0.15) is 20.9 Å². The van der Waals surface area contributed by atoms with Crippen molar-refractivity contribution in [2.75, 3.05) is 36.8 Å². The number of rotatable bonds is 12. The standard InChI is InChI=1S/C33H40ClN6O2S/c1-21(2)13-15-36-31-28-19-24(9-12-29(28)37-32(38-31)39-40(6,41)43)23-7-10-26(11-8-23)33(4,5)27-17-22(3)30(42-16-14-34)25(18-27)20-35/h7-12,17-19,21,41,43H,13-16H2,1-6H3,(H2,36,37,38,39)/q+1. The lowest BCUT2D eigenvalue weighted by molar-refractivity contribution is -0.955. The Bertz CT molecular complexity index is 1630. The molecule has 0 saturated heterocycles. The molecule has 1 atom stereocenters. The molecule has 10 heteroatoms. The van der Waals surface area contributed by atoms with E-state index in [0.29, 0.717) is 35.5 Å². The van der Waals surface area contributed by atoms with Gasteiger partial charge >= 0.3 is 0 Å². The van der Waals surface area contributed by atoms with Gasteiger partial charge in [0.2, 0.25) is 0 Å². The summed E-state index contributed by atoms with van der Waals surface area (Å²) in [5, 5.41) is 24.2. The highest BCUT2D eigenvalue weighted by Crippen LogP contribution is 2.37. The summed E-state index contributed by atoms with van der Waals surface area (Å²) in [5.41, 5.74) is 8.86. The van der Waals surface area contributed by atoms with Gasteiger partial charge in [-0.15, -0.1) is 11.6 Å². The van der Waals surface area contributed by atoms with Crippen molar-refractivity contribution in [3.8, 4) is 22.9 Å². The molecule has 226 valence electrons. The lowest BCUT2D eigenvalue weighted by Gasteiger charge is -2.28. The number of alkyl halides is 1. The molecule has 8 nitrogen and oxygen atoms in total. The number of quaternary nitrogens is 1. The van der Waals surface area contributed by atoms with Crippen LogP contribution in [-0.4, -0.2) is 45.4 Å². The molecule has 3 N–H and O–H groups in total. The number of hydroxylamine groups is 1. The van der Waals surface area contributed by atoms with Crippen molar-refractivity contribution in [2.24, 2.45) is 5.92 Å². The minimum absolute atomic E-state index is 0.271. The van der Waals surface area contributed by atoms with Crippen molar-refractivity contribution in [2.45, 2.75) is 46.5 Å². The average molecular weight is 620 g/mol. The van der Waals surface area contributed by atoms with Crippen LogP contribution in [0.15, 0.2) is 54.6 Å². The molecule has 0 amide bonds. The third kappa shape index (κ3) is 7.89. The highest BCUT2D eigenvalue weighted by molar-refractivity contribution is 7.74. The van der Waals surface area contributed by atoms with Gasteiger partial charge in [0, 0.05) is 17.3 Å². The second-order valence-corrected chi connectivity index (χ2v) is 12.9. The van der Waals surface area contributed by atoms with E-state index in [0.717, 1.165) is 51.7 Å². The molecule has 3 aromatic carbocycles. The van der Waals surface area contributed by atoms with E-state index in [1.165, 1.54) is 7.05 Å². The predicted molar refractivity (Wildman–Crippen MR) is 178 cm³/mol. The third-order valence-corrected chi connectivity index (χ3v) is 7.66. The first-order valence-corrected chi connectivity index (χ1v) is 15.3. The first-order valence-electron chi connectivity index (χ1n) is 14.3. The number of hydrogen-bond donors (Lipinski definition) is 4. The van der Waals surface area contributed by atoms with Crippen molar-refractivity contribution in [3.05, 3.63) is 76.9 Å². The van der Waals surface area contributed by atoms with Gasteiger partial charge in [0.25, 0.3) is 5.95 Å². The number of nitrogens with zero attached hydrogens (tertiary/aromatic N) is 4. The molecule has 0 bridgehead atoms. The maximum atomic E-state index is 10.1. The Morgan fingerprint density at radius 2 is 1.77 bits per heavy atom. The number of benzene rings is 3. The molecule has 43 heavy (non-hydrogen) atoms.